The van der Waals surface area contributed by atoms with E-state index in [4.69, 9.17) is 14.5 Å². The van der Waals surface area contributed by atoms with Crippen molar-refractivity contribution in [2.75, 3.05) is 40.0 Å². The molecule has 3 aromatic rings. The van der Waals surface area contributed by atoms with Gasteiger partial charge in [-0.3, -0.25) is 14.2 Å². The number of thioether (sulfide) groups is 1. The van der Waals surface area contributed by atoms with Crippen molar-refractivity contribution in [1.29, 1.82) is 0 Å². The van der Waals surface area contributed by atoms with Crippen LogP contribution in [0.2, 0.25) is 0 Å². The van der Waals surface area contributed by atoms with Gasteiger partial charge in [-0.2, -0.15) is 0 Å². The Morgan fingerprint density at radius 2 is 1.84 bits per heavy atom. The molecule has 1 aromatic heterocycles. The number of methoxy groups -OCH3 is 1. The van der Waals surface area contributed by atoms with E-state index in [1.54, 1.807) is 17.7 Å². The third kappa shape index (κ3) is 4.81. The zero-order valence-corrected chi connectivity index (χ0v) is 18.2. The second-order valence-electron chi connectivity index (χ2n) is 7.21. The minimum atomic E-state index is -0.513. The van der Waals surface area contributed by atoms with E-state index in [1.165, 1.54) is 11.8 Å². The first-order valence-corrected chi connectivity index (χ1v) is 11.1. The number of fused-ring (bicyclic) bond motifs is 1. The van der Waals surface area contributed by atoms with Gasteiger partial charge in [0.05, 0.1) is 37.3 Å². The average Bonchev–Trinajstić information content (AvgIpc) is 2.83. The Balaban J connectivity index is 1.76. The van der Waals surface area contributed by atoms with Crippen LogP contribution in [0.25, 0.3) is 10.9 Å². The van der Waals surface area contributed by atoms with Crippen LogP contribution in [0.1, 0.15) is 10.8 Å². The molecule has 0 spiro atoms. The molecule has 162 valence electrons. The second-order valence-corrected chi connectivity index (χ2v) is 8.28. The molecule has 1 atom stereocenters. The summed E-state index contributed by atoms with van der Waals surface area (Å²) < 4.78 is 12.2. The maximum absolute atomic E-state index is 13.5. The molecule has 1 amide bonds. The van der Waals surface area contributed by atoms with E-state index in [1.807, 2.05) is 53.4 Å². The number of carbonyl (C=O) groups excluding carboxylic acids is 1. The predicted molar refractivity (Wildman–Crippen MR) is 120 cm³/mol. The Morgan fingerprint density at radius 3 is 2.58 bits per heavy atom. The van der Waals surface area contributed by atoms with Crippen LogP contribution in [-0.4, -0.2) is 60.4 Å². The van der Waals surface area contributed by atoms with Crippen LogP contribution in [0, 0.1) is 0 Å². The third-order valence-corrected chi connectivity index (χ3v) is 6.45. The maximum Gasteiger partial charge on any atom is 0.262 e. The summed E-state index contributed by atoms with van der Waals surface area (Å²) in [5.74, 6) is 0.000184. The third-order valence-electron chi connectivity index (χ3n) is 5.22. The number of aromatic nitrogens is 2. The highest BCUT2D eigenvalue weighted by Gasteiger charge is 2.30. The van der Waals surface area contributed by atoms with E-state index in [9.17, 15) is 9.59 Å². The van der Waals surface area contributed by atoms with Gasteiger partial charge in [-0.25, -0.2) is 4.98 Å². The number of ether oxygens (including phenoxy) is 2. The largest absolute Gasteiger partial charge is 0.383 e. The lowest BCUT2D eigenvalue weighted by Gasteiger charge is -2.30. The van der Waals surface area contributed by atoms with Crippen molar-refractivity contribution < 1.29 is 14.3 Å². The summed E-state index contributed by atoms with van der Waals surface area (Å²) >= 11 is 1.31. The van der Waals surface area contributed by atoms with Crippen molar-refractivity contribution in [3.05, 3.63) is 70.5 Å². The summed E-state index contributed by atoms with van der Waals surface area (Å²) in [5, 5.41) is 0.552. The van der Waals surface area contributed by atoms with Crippen molar-refractivity contribution in [2.45, 2.75) is 17.0 Å². The first kappa shape index (κ1) is 21.5. The first-order valence-electron chi connectivity index (χ1n) is 10.3. The van der Waals surface area contributed by atoms with Crippen molar-refractivity contribution in [2.24, 2.45) is 0 Å². The van der Waals surface area contributed by atoms with E-state index in [2.05, 4.69) is 0 Å². The molecule has 4 rings (SSSR count). The Kier molecular flexibility index (Phi) is 7.01. The topological polar surface area (TPSA) is 73.7 Å². The van der Waals surface area contributed by atoms with Crippen molar-refractivity contribution >= 4 is 28.6 Å². The highest BCUT2D eigenvalue weighted by molar-refractivity contribution is 8.00. The molecule has 0 bridgehead atoms. The number of rotatable bonds is 7. The standard InChI is InChI=1S/C23H25N3O4S/c1-29-14-13-26-21(27)18-9-5-6-10-19(18)24-23(26)31-20(17-7-3-2-4-8-17)22(28)25-11-15-30-16-12-25/h2-10,20H,11-16H2,1H3. The predicted octanol–water partition coefficient (Wildman–Crippen LogP) is 2.74. The number of carbonyl (C=O) groups is 1. The molecule has 2 aromatic carbocycles. The molecule has 0 N–H and O–H groups in total. The van der Waals surface area contributed by atoms with Crippen LogP contribution >= 0.6 is 11.8 Å². The van der Waals surface area contributed by atoms with Gasteiger partial charge in [-0.05, 0) is 17.7 Å². The molecule has 0 radical (unpaired) electrons. The van der Waals surface area contributed by atoms with Crippen molar-refractivity contribution in [1.82, 2.24) is 14.5 Å². The van der Waals surface area contributed by atoms with Gasteiger partial charge in [0.1, 0.15) is 5.25 Å². The lowest BCUT2D eigenvalue weighted by molar-refractivity contribution is -0.134. The van der Waals surface area contributed by atoms with Crippen LogP contribution in [0.15, 0.2) is 64.5 Å². The molecule has 2 heterocycles. The number of amides is 1. The van der Waals surface area contributed by atoms with E-state index in [-0.39, 0.29) is 11.5 Å². The number of benzene rings is 2. The fourth-order valence-electron chi connectivity index (χ4n) is 3.56. The lowest BCUT2D eigenvalue weighted by atomic mass is 10.1. The van der Waals surface area contributed by atoms with E-state index in [0.717, 1.165) is 5.56 Å². The Labute approximate surface area is 185 Å². The van der Waals surface area contributed by atoms with Gasteiger partial charge in [0.25, 0.3) is 5.56 Å². The molecule has 1 unspecified atom stereocenters. The fourth-order valence-corrected chi connectivity index (χ4v) is 4.77. The molecule has 0 saturated carbocycles. The summed E-state index contributed by atoms with van der Waals surface area (Å²) in [7, 11) is 1.60. The molecule has 0 aliphatic carbocycles. The van der Waals surface area contributed by atoms with Crippen LogP contribution < -0.4 is 5.56 Å². The normalized spacial score (nSPS) is 15.2. The van der Waals surface area contributed by atoms with Gasteiger partial charge in [0.15, 0.2) is 5.16 Å². The number of morpholine rings is 1. The smallest absolute Gasteiger partial charge is 0.262 e. The summed E-state index contributed by atoms with van der Waals surface area (Å²) in [6.07, 6.45) is 0. The number of hydrogen-bond donors (Lipinski definition) is 0. The monoisotopic (exact) mass is 439 g/mol. The van der Waals surface area contributed by atoms with Gasteiger partial charge >= 0.3 is 0 Å². The van der Waals surface area contributed by atoms with E-state index >= 15 is 0 Å². The Morgan fingerprint density at radius 1 is 1.13 bits per heavy atom. The Hall–Kier alpha value is -2.68. The summed E-state index contributed by atoms with van der Waals surface area (Å²) in [4.78, 5) is 33.3. The number of para-hydroxylation sites is 1. The molecular weight excluding hydrogens is 414 g/mol. The molecule has 8 heteroatoms. The van der Waals surface area contributed by atoms with Crippen LogP contribution in [-0.2, 0) is 20.8 Å². The van der Waals surface area contributed by atoms with Crippen molar-refractivity contribution in [3.8, 4) is 0 Å². The molecule has 31 heavy (non-hydrogen) atoms. The van der Waals surface area contributed by atoms with E-state index < -0.39 is 5.25 Å². The van der Waals surface area contributed by atoms with Gasteiger partial charge in [-0.15, -0.1) is 0 Å². The number of hydrogen-bond acceptors (Lipinski definition) is 6. The van der Waals surface area contributed by atoms with Crippen LogP contribution in [0.3, 0.4) is 0 Å². The van der Waals surface area contributed by atoms with Crippen molar-refractivity contribution in [3.63, 3.8) is 0 Å². The second kappa shape index (κ2) is 10.1. The minimum absolute atomic E-state index is 0.000184. The van der Waals surface area contributed by atoms with Gasteiger partial charge in [0, 0.05) is 20.2 Å². The average molecular weight is 440 g/mol. The zero-order chi connectivity index (χ0) is 21.6. The molecule has 1 aliphatic heterocycles. The molecular formula is C23H25N3O4S. The SMILES string of the molecule is COCCn1c(SC(C(=O)N2CCOCC2)c2ccccc2)nc2ccccc2c1=O. The van der Waals surface area contributed by atoms with Gasteiger partial charge in [0.2, 0.25) is 5.91 Å². The molecule has 1 aliphatic rings. The fraction of sp³-hybridized carbons (Fsp3) is 0.348. The van der Waals surface area contributed by atoms with E-state index in [0.29, 0.717) is 55.5 Å². The Bertz CT molecular complexity index is 1100. The summed E-state index contributed by atoms with van der Waals surface area (Å²) in [6, 6.07) is 16.9. The minimum Gasteiger partial charge on any atom is -0.383 e. The summed E-state index contributed by atoms with van der Waals surface area (Å²) in [6.45, 7) is 2.92. The molecule has 7 nitrogen and oxygen atoms in total. The maximum atomic E-state index is 13.5. The number of nitrogens with zero attached hydrogens (tertiary/aromatic N) is 3. The highest BCUT2D eigenvalue weighted by atomic mass is 32.2. The molecule has 1 fully saturated rings. The lowest BCUT2D eigenvalue weighted by Crippen LogP contribution is -2.42. The van der Waals surface area contributed by atoms with Crippen LogP contribution in [0.4, 0.5) is 0 Å². The zero-order valence-electron chi connectivity index (χ0n) is 17.4. The summed E-state index contributed by atoms with van der Waals surface area (Å²) in [5.41, 5.74) is 1.37. The van der Waals surface area contributed by atoms with Crippen LogP contribution in [0.5, 0.6) is 0 Å². The highest BCUT2D eigenvalue weighted by Crippen LogP contribution is 2.36. The molecule has 1 saturated heterocycles. The van der Waals surface area contributed by atoms with Gasteiger partial charge in [-0.1, -0.05) is 54.2 Å². The quantitative estimate of drug-likeness (QED) is 0.416. The van der Waals surface area contributed by atoms with Gasteiger partial charge < -0.3 is 14.4 Å². The first-order chi connectivity index (χ1) is 15.2.